The third-order valence-electron chi connectivity index (χ3n) is 4.91. The number of aromatic nitrogens is 2. The maximum atomic E-state index is 13.3. The molecule has 0 fully saturated rings. The summed E-state index contributed by atoms with van der Waals surface area (Å²) in [4.78, 5) is 12.6. The fourth-order valence-corrected chi connectivity index (χ4v) is 4.48. The summed E-state index contributed by atoms with van der Waals surface area (Å²) in [5, 5.41) is 7.55. The van der Waals surface area contributed by atoms with Crippen molar-refractivity contribution in [2.75, 3.05) is 0 Å². The van der Waals surface area contributed by atoms with Gasteiger partial charge in [0.15, 0.2) is 5.69 Å². The predicted molar refractivity (Wildman–Crippen MR) is 127 cm³/mol. The Morgan fingerprint density at radius 1 is 0.941 bits per heavy atom. The molecule has 0 spiro atoms. The summed E-state index contributed by atoms with van der Waals surface area (Å²) in [7, 11) is -3.83. The Morgan fingerprint density at radius 2 is 1.68 bits per heavy atom. The molecule has 1 aromatic heterocycles. The number of hydrogen-bond donors (Lipinski definition) is 2. The molecule has 0 radical (unpaired) electrons. The average Bonchev–Trinajstić information content (AvgIpc) is 3.32. The largest absolute Gasteiger partial charge is 0.347 e. The van der Waals surface area contributed by atoms with E-state index in [4.69, 9.17) is 11.6 Å². The van der Waals surface area contributed by atoms with Gasteiger partial charge in [-0.05, 0) is 59.7 Å². The second kappa shape index (κ2) is 10.2. The lowest BCUT2D eigenvalue weighted by atomic mass is 10.2. The number of nitrogens with one attached hydrogen (secondary N) is 2. The molecule has 4 aromatic rings. The third-order valence-corrected chi connectivity index (χ3v) is 6.55. The lowest BCUT2D eigenvalue weighted by molar-refractivity contribution is 0.0945. The van der Waals surface area contributed by atoms with Crippen LogP contribution in [0.2, 0.25) is 5.02 Å². The van der Waals surface area contributed by atoms with Crippen molar-refractivity contribution in [1.29, 1.82) is 0 Å². The van der Waals surface area contributed by atoms with Gasteiger partial charge in [0.1, 0.15) is 5.82 Å². The van der Waals surface area contributed by atoms with Crippen molar-refractivity contribution in [3.63, 3.8) is 0 Å². The Labute approximate surface area is 201 Å². The topological polar surface area (TPSA) is 93.1 Å². The molecular formula is C24H20ClFN4O3S. The molecule has 0 unspecified atom stereocenters. The molecule has 4 rings (SSSR count). The first kappa shape index (κ1) is 23.6. The number of halogens is 2. The lowest BCUT2D eigenvalue weighted by Gasteiger charge is -2.09. The van der Waals surface area contributed by atoms with E-state index in [0.717, 1.165) is 5.69 Å². The normalized spacial score (nSPS) is 11.4. The van der Waals surface area contributed by atoms with Crippen molar-refractivity contribution in [3.8, 4) is 5.69 Å². The minimum Gasteiger partial charge on any atom is -0.347 e. The average molecular weight is 499 g/mol. The zero-order chi connectivity index (χ0) is 24.1. The number of nitrogens with zero attached hydrogens (tertiary/aromatic N) is 2. The molecule has 1 heterocycles. The maximum absolute atomic E-state index is 13.3. The van der Waals surface area contributed by atoms with E-state index >= 15 is 0 Å². The summed E-state index contributed by atoms with van der Waals surface area (Å²) in [5.74, 6) is -0.842. The predicted octanol–water partition coefficient (Wildman–Crippen LogP) is 4.07. The molecule has 10 heteroatoms. The molecule has 0 aliphatic carbocycles. The Balaban J connectivity index is 1.39. The van der Waals surface area contributed by atoms with Crippen LogP contribution in [0.5, 0.6) is 0 Å². The highest BCUT2D eigenvalue weighted by Crippen LogP contribution is 2.15. The lowest BCUT2D eigenvalue weighted by Crippen LogP contribution is -2.25. The summed E-state index contributed by atoms with van der Waals surface area (Å²) in [5.41, 5.74) is 2.02. The highest BCUT2D eigenvalue weighted by molar-refractivity contribution is 7.89. The van der Waals surface area contributed by atoms with Gasteiger partial charge in [-0.15, -0.1) is 0 Å². The fourth-order valence-electron chi connectivity index (χ4n) is 3.21. The first-order valence-electron chi connectivity index (χ1n) is 10.2. The van der Waals surface area contributed by atoms with Gasteiger partial charge in [-0.25, -0.2) is 22.2 Å². The van der Waals surface area contributed by atoms with Crippen LogP contribution in [0.3, 0.4) is 0 Å². The number of sulfonamides is 1. The second-order valence-electron chi connectivity index (χ2n) is 7.41. The van der Waals surface area contributed by atoms with Crippen molar-refractivity contribution in [2.45, 2.75) is 18.0 Å². The zero-order valence-corrected chi connectivity index (χ0v) is 19.4. The van der Waals surface area contributed by atoms with E-state index in [2.05, 4.69) is 15.1 Å². The smallest absolute Gasteiger partial charge is 0.272 e. The number of carbonyl (C=O) groups excluding carboxylic acids is 1. The monoisotopic (exact) mass is 498 g/mol. The number of carbonyl (C=O) groups is 1. The number of rotatable bonds is 8. The summed E-state index contributed by atoms with van der Waals surface area (Å²) < 4.78 is 42.6. The molecule has 174 valence electrons. The van der Waals surface area contributed by atoms with Gasteiger partial charge in [-0.3, -0.25) is 4.79 Å². The van der Waals surface area contributed by atoms with Crippen molar-refractivity contribution in [2.24, 2.45) is 0 Å². The van der Waals surface area contributed by atoms with Gasteiger partial charge in [0.25, 0.3) is 5.91 Å². The number of hydrogen-bond acceptors (Lipinski definition) is 4. The van der Waals surface area contributed by atoms with E-state index in [0.29, 0.717) is 16.1 Å². The van der Waals surface area contributed by atoms with E-state index in [9.17, 15) is 17.6 Å². The molecule has 7 nitrogen and oxygen atoms in total. The Hall–Kier alpha value is -3.53. The highest BCUT2D eigenvalue weighted by Gasteiger charge is 2.15. The molecule has 3 aromatic carbocycles. The van der Waals surface area contributed by atoms with Crippen molar-refractivity contribution >= 4 is 27.5 Å². The van der Waals surface area contributed by atoms with Crippen LogP contribution in [0.1, 0.15) is 21.6 Å². The molecule has 34 heavy (non-hydrogen) atoms. The van der Waals surface area contributed by atoms with Crippen LogP contribution in [0.4, 0.5) is 4.39 Å². The maximum Gasteiger partial charge on any atom is 0.272 e. The number of benzene rings is 3. The first-order chi connectivity index (χ1) is 16.3. The van der Waals surface area contributed by atoms with Gasteiger partial charge in [0.2, 0.25) is 10.0 Å². The van der Waals surface area contributed by atoms with E-state index in [1.807, 2.05) is 6.07 Å². The van der Waals surface area contributed by atoms with Crippen LogP contribution in [0.15, 0.2) is 90.0 Å². The van der Waals surface area contributed by atoms with Gasteiger partial charge in [0.05, 0.1) is 10.6 Å². The van der Waals surface area contributed by atoms with Crippen LogP contribution < -0.4 is 10.0 Å². The van der Waals surface area contributed by atoms with E-state index in [1.54, 1.807) is 48.7 Å². The van der Waals surface area contributed by atoms with Gasteiger partial charge < -0.3 is 5.32 Å². The van der Waals surface area contributed by atoms with Crippen LogP contribution in [-0.2, 0) is 23.1 Å². The summed E-state index contributed by atoms with van der Waals surface area (Å²) >= 11 is 6.00. The van der Waals surface area contributed by atoms with E-state index in [1.165, 1.54) is 35.0 Å². The minimum atomic E-state index is -3.83. The van der Waals surface area contributed by atoms with Crippen molar-refractivity contribution in [3.05, 3.63) is 113 Å². The SMILES string of the molecule is O=C(NCc1cccc(S(=O)(=O)NCc2cccc(F)c2)c1)c1ccn(-c2cccc(Cl)c2)n1. The van der Waals surface area contributed by atoms with Gasteiger partial charge in [0, 0.05) is 24.3 Å². The standard InChI is InChI=1S/C24H20ClFN4O3S/c25-19-6-3-8-21(14-19)30-11-10-23(29-30)24(31)27-15-18-5-2-9-22(13-18)34(32,33)28-16-17-4-1-7-20(26)12-17/h1-14,28H,15-16H2,(H,27,31). The molecule has 1 amide bonds. The van der Waals surface area contributed by atoms with Crippen LogP contribution in [0, 0.1) is 5.82 Å². The second-order valence-corrected chi connectivity index (χ2v) is 9.61. The van der Waals surface area contributed by atoms with Crippen LogP contribution >= 0.6 is 11.6 Å². The molecule has 0 atom stereocenters. The van der Waals surface area contributed by atoms with Crippen LogP contribution in [-0.4, -0.2) is 24.1 Å². The summed E-state index contributed by atoms with van der Waals surface area (Å²) in [6, 6.07) is 20.6. The Bertz CT molecular complexity index is 1440. The molecule has 0 aliphatic rings. The third kappa shape index (κ3) is 5.88. The van der Waals surface area contributed by atoms with Crippen molar-refractivity contribution < 1.29 is 17.6 Å². The molecule has 0 saturated heterocycles. The number of amides is 1. The van der Waals surface area contributed by atoms with Crippen LogP contribution in [0.25, 0.3) is 5.69 Å². The molecular weight excluding hydrogens is 479 g/mol. The Kier molecular flexibility index (Phi) is 7.06. The van der Waals surface area contributed by atoms with Gasteiger partial charge >= 0.3 is 0 Å². The van der Waals surface area contributed by atoms with Gasteiger partial charge in [-0.2, -0.15) is 5.10 Å². The summed E-state index contributed by atoms with van der Waals surface area (Å²) in [6.45, 7) is 0.0620. The minimum absolute atomic E-state index is 0.0425. The first-order valence-corrected chi connectivity index (χ1v) is 12.1. The van der Waals surface area contributed by atoms with Gasteiger partial charge in [-0.1, -0.05) is 41.9 Å². The Morgan fingerprint density at radius 3 is 2.44 bits per heavy atom. The molecule has 0 bridgehead atoms. The zero-order valence-electron chi connectivity index (χ0n) is 17.8. The summed E-state index contributed by atoms with van der Waals surface area (Å²) in [6.07, 6.45) is 1.65. The fraction of sp³-hybridized carbons (Fsp3) is 0.0833. The quantitative estimate of drug-likeness (QED) is 0.383. The molecule has 0 aliphatic heterocycles. The van der Waals surface area contributed by atoms with E-state index in [-0.39, 0.29) is 23.7 Å². The van der Waals surface area contributed by atoms with Crippen molar-refractivity contribution in [1.82, 2.24) is 19.8 Å². The molecule has 0 saturated carbocycles. The van der Waals surface area contributed by atoms with E-state index < -0.39 is 21.7 Å². The molecule has 2 N–H and O–H groups in total. The highest BCUT2D eigenvalue weighted by atomic mass is 35.5.